The van der Waals surface area contributed by atoms with E-state index >= 15 is 0 Å². The number of fused-ring (bicyclic) bond motifs is 1. The fourth-order valence-corrected chi connectivity index (χ4v) is 4.85. The van der Waals surface area contributed by atoms with Crippen molar-refractivity contribution in [1.82, 2.24) is 4.57 Å². The summed E-state index contributed by atoms with van der Waals surface area (Å²) in [6, 6.07) is 7.05. The van der Waals surface area contributed by atoms with Crippen molar-refractivity contribution in [1.29, 1.82) is 0 Å². The lowest BCUT2D eigenvalue weighted by Crippen LogP contribution is -2.23. The first-order valence-corrected chi connectivity index (χ1v) is 10.6. The highest BCUT2D eigenvalue weighted by molar-refractivity contribution is 9.11. The van der Waals surface area contributed by atoms with E-state index in [2.05, 4.69) is 20.9 Å². The number of ether oxygens (including phenoxy) is 3. The molecule has 7 nitrogen and oxygen atoms in total. The summed E-state index contributed by atoms with van der Waals surface area (Å²) in [6.45, 7) is 1.95. The second-order valence-electron chi connectivity index (χ2n) is 5.47. The molecule has 0 N–H and O–H groups in total. The maximum Gasteiger partial charge on any atom is 0.326 e. The number of thiazole rings is 1. The van der Waals surface area contributed by atoms with Gasteiger partial charge in [-0.25, -0.2) is 0 Å². The van der Waals surface area contributed by atoms with Gasteiger partial charge in [-0.1, -0.05) is 11.3 Å². The molecule has 0 atom stereocenters. The summed E-state index contributed by atoms with van der Waals surface area (Å²) in [6.07, 6.45) is 0. The number of hydrogen-bond acceptors (Lipinski definition) is 7. The number of esters is 1. The van der Waals surface area contributed by atoms with E-state index in [0.717, 1.165) is 8.49 Å². The molecule has 0 spiro atoms. The Morgan fingerprint density at radius 3 is 2.46 bits per heavy atom. The van der Waals surface area contributed by atoms with Crippen LogP contribution in [0.5, 0.6) is 11.5 Å². The van der Waals surface area contributed by atoms with Gasteiger partial charge in [-0.15, -0.1) is 11.3 Å². The fourth-order valence-electron chi connectivity index (χ4n) is 2.54. The third kappa shape index (κ3) is 4.29. The van der Waals surface area contributed by atoms with Gasteiger partial charge < -0.3 is 18.8 Å². The molecule has 0 radical (unpaired) electrons. The van der Waals surface area contributed by atoms with Crippen molar-refractivity contribution in [2.75, 3.05) is 20.8 Å². The van der Waals surface area contributed by atoms with Crippen molar-refractivity contribution < 1.29 is 23.8 Å². The van der Waals surface area contributed by atoms with E-state index in [1.165, 1.54) is 29.8 Å². The molecule has 0 saturated heterocycles. The molecule has 2 aromatic heterocycles. The van der Waals surface area contributed by atoms with Crippen LogP contribution in [-0.2, 0) is 16.1 Å². The number of nitrogens with zero attached hydrogens (tertiary/aromatic N) is 2. The molecule has 2 heterocycles. The van der Waals surface area contributed by atoms with E-state index < -0.39 is 5.97 Å². The van der Waals surface area contributed by atoms with Gasteiger partial charge in [0.2, 0.25) is 0 Å². The minimum absolute atomic E-state index is 0.0659. The van der Waals surface area contributed by atoms with Crippen LogP contribution in [0.2, 0.25) is 0 Å². The first-order valence-electron chi connectivity index (χ1n) is 8.22. The van der Waals surface area contributed by atoms with E-state index in [1.807, 2.05) is 0 Å². The maximum atomic E-state index is 12.6. The summed E-state index contributed by atoms with van der Waals surface area (Å²) >= 11 is 5.93. The van der Waals surface area contributed by atoms with Crippen molar-refractivity contribution in [2.24, 2.45) is 4.99 Å². The minimum Gasteiger partial charge on any atom is -0.493 e. The van der Waals surface area contributed by atoms with E-state index in [1.54, 1.807) is 42.9 Å². The fraction of sp³-hybridized carbons (Fsp3) is 0.278. The van der Waals surface area contributed by atoms with Gasteiger partial charge in [0.1, 0.15) is 6.54 Å². The molecule has 0 saturated carbocycles. The number of aromatic nitrogens is 1. The van der Waals surface area contributed by atoms with Crippen molar-refractivity contribution in [3.05, 3.63) is 37.7 Å². The van der Waals surface area contributed by atoms with Crippen LogP contribution in [-0.4, -0.2) is 37.3 Å². The number of halogens is 1. The maximum absolute atomic E-state index is 12.6. The lowest BCUT2D eigenvalue weighted by Gasteiger charge is -2.09. The zero-order valence-corrected chi connectivity index (χ0v) is 18.6. The molecule has 0 fully saturated rings. The van der Waals surface area contributed by atoms with Gasteiger partial charge in [0.25, 0.3) is 5.91 Å². The van der Waals surface area contributed by atoms with Gasteiger partial charge in [-0.3, -0.25) is 9.59 Å². The first kappa shape index (κ1) is 20.6. The molecule has 0 aliphatic rings. The monoisotopic (exact) mass is 484 g/mol. The Kier molecular flexibility index (Phi) is 6.53. The van der Waals surface area contributed by atoms with Crippen LogP contribution in [0.25, 0.3) is 10.2 Å². The molecule has 28 heavy (non-hydrogen) atoms. The summed E-state index contributed by atoms with van der Waals surface area (Å²) in [5.41, 5.74) is 0.703. The Morgan fingerprint density at radius 1 is 1.14 bits per heavy atom. The van der Waals surface area contributed by atoms with E-state index in [9.17, 15) is 9.59 Å². The molecule has 10 heteroatoms. The van der Waals surface area contributed by atoms with E-state index in [-0.39, 0.29) is 19.1 Å². The van der Waals surface area contributed by atoms with Gasteiger partial charge in [-0.2, -0.15) is 4.99 Å². The van der Waals surface area contributed by atoms with Crippen LogP contribution in [0.4, 0.5) is 0 Å². The molecule has 0 unspecified atom stereocenters. The third-order valence-corrected chi connectivity index (χ3v) is 6.41. The van der Waals surface area contributed by atoms with Crippen LogP contribution in [0.3, 0.4) is 0 Å². The Labute approximate surface area is 177 Å². The van der Waals surface area contributed by atoms with E-state index in [4.69, 9.17) is 14.2 Å². The van der Waals surface area contributed by atoms with Crippen LogP contribution in [0.1, 0.15) is 16.6 Å². The quantitative estimate of drug-likeness (QED) is 0.496. The highest BCUT2D eigenvalue weighted by Gasteiger charge is 2.16. The Bertz CT molecular complexity index is 1100. The highest BCUT2D eigenvalue weighted by Crippen LogP contribution is 2.33. The Morgan fingerprint density at radius 2 is 1.86 bits per heavy atom. The average Bonchev–Trinajstić information content (AvgIpc) is 3.24. The molecular weight excluding hydrogens is 468 g/mol. The lowest BCUT2D eigenvalue weighted by atomic mass is 10.3. The SMILES string of the molecule is CCOC(=O)Cn1c(=NC(=O)c2ccc(Br)s2)sc2cc(OC)c(OC)cc21. The minimum atomic E-state index is -0.412. The molecular formula is C18H17BrN2O5S2. The molecule has 148 valence electrons. The van der Waals surface area contributed by atoms with Crippen molar-refractivity contribution in [2.45, 2.75) is 13.5 Å². The zero-order chi connectivity index (χ0) is 20.3. The average molecular weight is 485 g/mol. The smallest absolute Gasteiger partial charge is 0.326 e. The number of rotatable bonds is 6. The number of methoxy groups -OCH3 is 2. The van der Waals surface area contributed by atoms with Crippen LogP contribution >= 0.6 is 38.6 Å². The summed E-state index contributed by atoms with van der Waals surface area (Å²) < 4.78 is 19.1. The lowest BCUT2D eigenvalue weighted by molar-refractivity contribution is -0.143. The second-order valence-corrected chi connectivity index (χ2v) is 8.94. The highest BCUT2D eigenvalue weighted by atomic mass is 79.9. The van der Waals surface area contributed by atoms with Crippen molar-refractivity contribution in [3.8, 4) is 11.5 Å². The summed E-state index contributed by atoms with van der Waals surface area (Å²) in [5, 5.41) is 0. The molecule has 3 aromatic rings. The summed E-state index contributed by atoms with van der Waals surface area (Å²) in [5.74, 6) is 0.286. The molecule has 0 aliphatic heterocycles. The summed E-state index contributed by atoms with van der Waals surface area (Å²) in [7, 11) is 3.09. The van der Waals surface area contributed by atoms with Gasteiger partial charge in [0.15, 0.2) is 16.3 Å². The first-order chi connectivity index (χ1) is 13.5. The Hall–Kier alpha value is -2.17. The van der Waals surface area contributed by atoms with Crippen molar-refractivity contribution >= 4 is 60.7 Å². The van der Waals surface area contributed by atoms with Crippen LogP contribution in [0, 0.1) is 0 Å². The molecule has 1 aromatic carbocycles. The predicted molar refractivity (Wildman–Crippen MR) is 111 cm³/mol. The van der Waals surface area contributed by atoms with Gasteiger partial charge in [0.05, 0.1) is 39.7 Å². The van der Waals surface area contributed by atoms with Crippen molar-refractivity contribution in [3.63, 3.8) is 0 Å². The Balaban J connectivity index is 2.17. The molecule has 0 bridgehead atoms. The number of hydrogen-bond donors (Lipinski definition) is 0. The van der Waals surface area contributed by atoms with E-state index in [0.29, 0.717) is 26.7 Å². The third-order valence-electron chi connectivity index (χ3n) is 3.76. The molecule has 1 amide bonds. The number of benzene rings is 1. The number of carbonyl (C=O) groups is 2. The van der Waals surface area contributed by atoms with Gasteiger partial charge >= 0.3 is 5.97 Å². The number of carbonyl (C=O) groups excluding carboxylic acids is 2. The molecule has 0 aliphatic carbocycles. The van der Waals surface area contributed by atoms with Gasteiger partial charge in [0, 0.05) is 12.1 Å². The second kappa shape index (κ2) is 8.89. The number of amides is 1. The number of thiophene rings is 1. The topological polar surface area (TPSA) is 79.1 Å². The summed E-state index contributed by atoms with van der Waals surface area (Å²) in [4.78, 5) is 29.8. The van der Waals surface area contributed by atoms with Crippen LogP contribution in [0.15, 0.2) is 33.0 Å². The van der Waals surface area contributed by atoms with Gasteiger partial charge in [-0.05, 0) is 35.0 Å². The predicted octanol–water partition coefficient (Wildman–Crippen LogP) is 3.85. The zero-order valence-electron chi connectivity index (χ0n) is 15.4. The molecule has 3 rings (SSSR count). The largest absolute Gasteiger partial charge is 0.493 e. The normalized spacial score (nSPS) is 11.6. The standard InChI is InChI=1S/C18H17BrN2O5S2/c1-4-26-16(22)9-21-10-7-11(24-2)12(25-3)8-14(10)28-18(21)20-17(23)13-5-6-15(19)27-13/h5-8H,4,9H2,1-3H3. The van der Waals surface area contributed by atoms with Crippen LogP contribution < -0.4 is 14.3 Å².